The number of rotatable bonds is 6. The smallest absolute Gasteiger partial charge is 0.339 e. The summed E-state index contributed by atoms with van der Waals surface area (Å²) in [7, 11) is -2.56. The Labute approximate surface area is 197 Å². The Morgan fingerprint density at radius 3 is 2.47 bits per heavy atom. The van der Waals surface area contributed by atoms with E-state index in [-0.39, 0.29) is 28.3 Å². The zero-order chi connectivity index (χ0) is 22.7. The molecule has 0 unspecified atom stereocenters. The van der Waals surface area contributed by atoms with Gasteiger partial charge in [0.05, 0.1) is 12.0 Å². The van der Waals surface area contributed by atoms with Crippen molar-refractivity contribution >= 4 is 50.4 Å². The van der Waals surface area contributed by atoms with Crippen molar-refractivity contribution < 1.29 is 22.1 Å². The molecule has 0 aromatic heterocycles. The summed E-state index contributed by atoms with van der Waals surface area (Å²) in [5.74, 6) is 0.252. The van der Waals surface area contributed by atoms with E-state index in [9.17, 15) is 13.2 Å². The fraction of sp³-hybridized carbons (Fsp3) is 0.304. The van der Waals surface area contributed by atoms with Gasteiger partial charge in [-0.15, -0.1) is 0 Å². The first kappa shape index (κ1) is 22.8. The molecule has 0 N–H and O–H groups in total. The van der Waals surface area contributed by atoms with Gasteiger partial charge in [-0.05, 0) is 48.7 Å². The monoisotopic (exact) mass is 489 g/mol. The third kappa shape index (κ3) is 4.84. The quantitative estimate of drug-likeness (QED) is 0.321. The summed E-state index contributed by atoms with van der Waals surface area (Å²) in [5, 5.41) is 0. The Balaban J connectivity index is 1.56. The number of benzene rings is 2. The van der Waals surface area contributed by atoms with Gasteiger partial charge in [0, 0.05) is 6.04 Å². The minimum atomic E-state index is -3.99. The molecule has 0 bridgehead atoms. The van der Waals surface area contributed by atoms with Gasteiger partial charge in [-0.25, -0.2) is 0 Å². The first-order valence-electron chi connectivity index (χ1n) is 10.3. The summed E-state index contributed by atoms with van der Waals surface area (Å²) in [4.78, 5) is 15.4. The maximum absolute atomic E-state index is 13.0. The van der Waals surface area contributed by atoms with E-state index in [0.29, 0.717) is 14.8 Å². The number of amides is 1. The molecule has 2 aromatic carbocycles. The van der Waals surface area contributed by atoms with Gasteiger partial charge in [0.25, 0.3) is 5.91 Å². The summed E-state index contributed by atoms with van der Waals surface area (Å²) in [6.07, 6.45) is 7.15. The highest BCUT2D eigenvalue weighted by Gasteiger charge is 2.37. The molecule has 1 aliphatic heterocycles. The average molecular weight is 490 g/mol. The molecule has 168 valence electrons. The van der Waals surface area contributed by atoms with Gasteiger partial charge >= 0.3 is 10.1 Å². The fourth-order valence-corrected chi connectivity index (χ4v) is 6.24. The number of nitrogens with zero attached hydrogens (tertiary/aromatic N) is 1. The number of carbonyl (C=O) groups is 1. The van der Waals surface area contributed by atoms with Crippen molar-refractivity contribution in [3.8, 4) is 11.5 Å². The van der Waals surface area contributed by atoms with Gasteiger partial charge in [0.1, 0.15) is 9.22 Å². The molecular formula is C23H23NO5S3. The van der Waals surface area contributed by atoms with Crippen molar-refractivity contribution in [2.24, 2.45) is 0 Å². The highest BCUT2D eigenvalue weighted by atomic mass is 32.2. The lowest BCUT2D eigenvalue weighted by atomic mass is 9.94. The van der Waals surface area contributed by atoms with E-state index in [1.54, 1.807) is 41.3 Å². The number of thioether (sulfide) groups is 1. The normalized spacial score (nSPS) is 18.9. The van der Waals surface area contributed by atoms with Crippen molar-refractivity contribution in [1.29, 1.82) is 0 Å². The molecule has 1 heterocycles. The Hall–Kier alpha value is -2.36. The predicted octanol–water partition coefficient (Wildman–Crippen LogP) is 5.00. The van der Waals surface area contributed by atoms with Crippen LogP contribution in [0.1, 0.15) is 37.7 Å². The molecule has 1 saturated heterocycles. The molecule has 1 aliphatic carbocycles. The van der Waals surface area contributed by atoms with Crippen LogP contribution in [0.15, 0.2) is 58.3 Å². The number of ether oxygens (including phenoxy) is 1. The van der Waals surface area contributed by atoms with Gasteiger partial charge in [-0.3, -0.25) is 9.69 Å². The van der Waals surface area contributed by atoms with Crippen LogP contribution in [-0.2, 0) is 14.9 Å². The van der Waals surface area contributed by atoms with E-state index in [0.717, 1.165) is 25.7 Å². The second kappa shape index (κ2) is 9.64. The first-order chi connectivity index (χ1) is 15.4. The molecule has 6 nitrogen and oxygen atoms in total. The standard InChI is InChI=1S/C23H23NO5S3/c1-28-20-14-16(12-13-19(20)29-32(26,27)18-10-6-3-7-11-18)15-21-22(25)24(23(30)31-21)17-8-4-2-5-9-17/h3,6-7,10-15,17H,2,4-5,8-9H2,1H3/b21-15+. The maximum Gasteiger partial charge on any atom is 0.339 e. The molecule has 0 atom stereocenters. The Morgan fingerprint density at radius 1 is 1.06 bits per heavy atom. The third-order valence-corrected chi connectivity index (χ3v) is 8.06. The molecule has 32 heavy (non-hydrogen) atoms. The van der Waals surface area contributed by atoms with E-state index in [2.05, 4.69) is 0 Å². The lowest BCUT2D eigenvalue weighted by molar-refractivity contribution is -0.124. The number of carbonyl (C=O) groups excluding carboxylic acids is 1. The molecule has 0 spiro atoms. The topological polar surface area (TPSA) is 72.9 Å². The molecule has 1 saturated carbocycles. The summed E-state index contributed by atoms with van der Waals surface area (Å²) in [6.45, 7) is 0. The second-order valence-electron chi connectivity index (χ2n) is 7.60. The minimum absolute atomic E-state index is 0.0533. The van der Waals surface area contributed by atoms with E-state index in [1.807, 2.05) is 0 Å². The van der Waals surface area contributed by atoms with E-state index < -0.39 is 10.1 Å². The fourth-order valence-electron chi connectivity index (χ4n) is 3.88. The van der Waals surface area contributed by atoms with Crippen LogP contribution >= 0.6 is 24.0 Å². The van der Waals surface area contributed by atoms with Crippen LogP contribution in [0.4, 0.5) is 0 Å². The van der Waals surface area contributed by atoms with E-state index in [4.69, 9.17) is 21.1 Å². The Morgan fingerprint density at radius 2 is 1.78 bits per heavy atom. The largest absolute Gasteiger partial charge is 0.493 e. The van der Waals surface area contributed by atoms with Crippen LogP contribution in [0.5, 0.6) is 11.5 Å². The first-order valence-corrected chi connectivity index (χ1v) is 13.0. The highest BCUT2D eigenvalue weighted by Crippen LogP contribution is 2.38. The Kier molecular flexibility index (Phi) is 6.88. The van der Waals surface area contributed by atoms with Crippen molar-refractivity contribution in [1.82, 2.24) is 4.90 Å². The van der Waals surface area contributed by atoms with Crippen molar-refractivity contribution in [3.05, 3.63) is 59.0 Å². The average Bonchev–Trinajstić information content (AvgIpc) is 3.08. The molecule has 2 fully saturated rings. The SMILES string of the molecule is COc1cc(/C=C2/SC(=S)N(C3CCCCC3)C2=O)ccc1OS(=O)(=O)c1ccccc1. The van der Waals surface area contributed by atoms with Gasteiger partial charge in [-0.2, -0.15) is 8.42 Å². The molecular weight excluding hydrogens is 466 g/mol. The van der Waals surface area contributed by atoms with E-state index in [1.165, 1.54) is 43.5 Å². The summed E-state index contributed by atoms with van der Waals surface area (Å²) < 4.78 is 36.3. The van der Waals surface area contributed by atoms with Gasteiger partial charge in [0.15, 0.2) is 11.5 Å². The Bertz CT molecular complexity index is 1160. The molecule has 0 radical (unpaired) electrons. The molecule has 1 amide bonds. The number of hydrogen-bond donors (Lipinski definition) is 0. The molecule has 9 heteroatoms. The molecule has 2 aromatic rings. The van der Waals surface area contributed by atoms with Crippen LogP contribution in [0.2, 0.25) is 0 Å². The van der Waals surface area contributed by atoms with Crippen LogP contribution < -0.4 is 8.92 Å². The predicted molar refractivity (Wildman–Crippen MR) is 129 cm³/mol. The maximum atomic E-state index is 13.0. The second-order valence-corrected chi connectivity index (χ2v) is 10.8. The van der Waals surface area contributed by atoms with Crippen LogP contribution in [0, 0.1) is 0 Å². The van der Waals surface area contributed by atoms with Crippen molar-refractivity contribution in [3.63, 3.8) is 0 Å². The molecule has 2 aliphatic rings. The molecule has 4 rings (SSSR count). The lowest BCUT2D eigenvalue weighted by Crippen LogP contribution is -2.39. The number of methoxy groups -OCH3 is 1. The van der Waals surface area contributed by atoms with Crippen molar-refractivity contribution in [2.75, 3.05) is 7.11 Å². The zero-order valence-corrected chi connectivity index (χ0v) is 20.0. The van der Waals surface area contributed by atoms with Gasteiger partial charge < -0.3 is 8.92 Å². The van der Waals surface area contributed by atoms with Crippen LogP contribution in [-0.4, -0.2) is 36.7 Å². The van der Waals surface area contributed by atoms with Gasteiger partial charge in [-0.1, -0.05) is 67.5 Å². The highest BCUT2D eigenvalue weighted by molar-refractivity contribution is 8.26. The van der Waals surface area contributed by atoms with Gasteiger partial charge in [0.2, 0.25) is 0 Å². The van der Waals surface area contributed by atoms with Crippen molar-refractivity contribution in [2.45, 2.75) is 43.0 Å². The van der Waals surface area contributed by atoms with E-state index >= 15 is 0 Å². The summed E-state index contributed by atoms with van der Waals surface area (Å²) >= 11 is 6.78. The van der Waals surface area contributed by atoms with Crippen LogP contribution in [0.25, 0.3) is 6.08 Å². The third-order valence-electron chi connectivity index (χ3n) is 5.48. The zero-order valence-electron chi connectivity index (χ0n) is 17.5. The summed E-state index contributed by atoms with van der Waals surface area (Å²) in [5.41, 5.74) is 0.690. The lowest BCUT2D eigenvalue weighted by Gasteiger charge is -2.29. The minimum Gasteiger partial charge on any atom is -0.493 e. The van der Waals surface area contributed by atoms with Crippen LogP contribution in [0.3, 0.4) is 0 Å². The number of thiocarbonyl (C=S) groups is 1. The number of hydrogen-bond acceptors (Lipinski definition) is 7. The summed E-state index contributed by atoms with van der Waals surface area (Å²) in [6, 6.07) is 12.9.